The fourth-order valence-electron chi connectivity index (χ4n) is 5.88. The lowest BCUT2D eigenvalue weighted by Gasteiger charge is -2.38. The number of aryl methyl sites for hydroxylation is 1. The molecule has 3 rings (SSSR count). The number of allylic oxidation sites excluding steroid dienone is 1. The number of unbranched alkanes of at least 4 members (excludes halogenated alkanes) is 1. The van der Waals surface area contributed by atoms with E-state index in [0.29, 0.717) is 11.3 Å². The number of alkyl halides is 1. The number of ether oxygens (including phenoxy) is 3. The fourth-order valence-corrected chi connectivity index (χ4v) is 8.79. The largest absolute Gasteiger partial charge is 0.465 e. The van der Waals surface area contributed by atoms with E-state index in [1.807, 2.05) is 12.1 Å². The Morgan fingerprint density at radius 3 is 2.63 bits per heavy atom. The molecule has 244 valence electrons. The molecule has 9 heteroatoms. The zero-order chi connectivity index (χ0) is 31.6. The molecule has 1 aromatic rings. The minimum absolute atomic E-state index is 0.0188. The molecule has 6 atom stereocenters. The lowest BCUT2D eigenvalue weighted by molar-refractivity contribution is -0.192. The third kappa shape index (κ3) is 11.4. The van der Waals surface area contributed by atoms with Crippen LogP contribution in [0.2, 0.25) is 18.1 Å². The van der Waals surface area contributed by atoms with E-state index in [1.165, 1.54) is 23.3 Å². The summed E-state index contributed by atoms with van der Waals surface area (Å²) in [5, 5.41) is 0.180. The zero-order valence-electron chi connectivity index (χ0n) is 27.5. The van der Waals surface area contributed by atoms with Gasteiger partial charge in [0.2, 0.25) is 0 Å². The fraction of sp³-hybridized carbons (Fsp3) is 0.765. The molecule has 6 nitrogen and oxygen atoms in total. The first-order chi connectivity index (χ1) is 20.3. The highest BCUT2D eigenvalue weighted by atomic mass is 35.5. The van der Waals surface area contributed by atoms with Crippen LogP contribution >= 0.6 is 22.9 Å². The predicted molar refractivity (Wildman–Crippen MR) is 179 cm³/mol. The molecule has 1 saturated heterocycles. The van der Waals surface area contributed by atoms with E-state index >= 15 is 0 Å². The first-order valence-corrected chi connectivity index (χ1v) is 20.4. The molecule has 43 heavy (non-hydrogen) atoms. The van der Waals surface area contributed by atoms with Crippen LogP contribution < -0.4 is 0 Å². The van der Waals surface area contributed by atoms with Gasteiger partial charge in [0.25, 0.3) is 0 Å². The summed E-state index contributed by atoms with van der Waals surface area (Å²) < 4.78 is 23.7. The van der Waals surface area contributed by atoms with Crippen molar-refractivity contribution in [2.75, 3.05) is 13.7 Å². The van der Waals surface area contributed by atoms with Gasteiger partial charge < -0.3 is 18.6 Å². The summed E-state index contributed by atoms with van der Waals surface area (Å²) in [5.41, 5.74) is 0. The first kappa shape index (κ1) is 36.4. The van der Waals surface area contributed by atoms with Crippen molar-refractivity contribution in [3.63, 3.8) is 0 Å². The maximum Gasteiger partial charge on any atom is 0.348 e. The summed E-state index contributed by atoms with van der Waals surface area (Å²) in [6.07, 6.45) is 13.8. The molecule has 0 N–H and O–H groups in total. The Morgan fingerprint density at radius 2 is 1.95 bits per heavy atom. The first-order valence-electron chi connectivity index (χ1n) is 16.3. The Balaban J connectivity index is 1.54. The molecule has 2 fully saturated rings. The van der Waals surface area contributed by atoms with Gasteiger partial charge in [-0.05, 0) is 107 Å². The molecule has 1 aromatic heterocycles. The van der Waals surface area contributed by atoms with Gasteiger partial charge in [-0.25, -0.2) is 4.79 Å². The van der Waals surface area contributed by atoms with Crippen molar-refractivity contribution in [1.29, 1.82) is 0 Å². The molecule has 2 aliphatic rings. The van der Waals surface area contributed by atoms with E-state index in [4.69, 9.17) is 30.2 Å². The van der Waals surface area contributed by atoms with Crippen molar-refractivity contribution in [3.05, 3.63) is 34.0 Å². The lowest BCUT2D eigenvalue weighted by Crippen LogP contribution is -2.43. The van der Waals surface area contributed by atoms with Crippen LogP contribution in [-0.2, 0) is 29.9 Å². The minimum atomic E-state index is -1.78. The van der Waals surface area contributed by atoms with Gasteiger partial charge in [0, 0.05) is 35.3 Å². The average Bonchev–Trinajstić information content (AvgIpc) is 3.53. The number of carbonyl (C=O) groups is 2. The van der Waals surface area contributed by atoms with Gasteiger partial charge in [0.15, 0.2) is 20.4 Å². The van der Waals surface area contributed by atoms with Crippen molar-refractivity contribution < 1.29 is 28.2 Å². The third-order valence-electron chi connectivity index (χ3n) is 9.41. The number of carbonyl (C=O) groups excluding carboxylic acids is 2. The Morgan fingerprint density at radius 1 is 1.19 bits per heavy atom. The van der Waals surface area contributed by atoms with E-state index in [0.717, 1.165) is 70.8 Å². The molecule has 1 unspecified atom stereocenters. The van der Waals surface area contributed by atoms with Crippen LogP contribution in [0.3, 0.4) is 0 Å². The Kier molecular flexibility index (Phi) is 14.4. The molecule has 0 radical (unpaired) electrons. The smallest absolute Gasteiger partial charge is 0.348 e. The van der Waals surface area contributed by atoms with E-state index < -0.39 is 8.32 Å². The van der Waals surface area contributed by atoms with Crippen molar-refractivity contribution in [3.8, 4) is 0 Å². The van der Waals surface area contributed by atoms with E-state index in [-0.39, 0.29) is 52.5 Å². The normalized spacial score (nSPS) is 25.7. The highest BCUT2D eigenvalue weighted by molar-refractivity contribution is 7.13. The Hall–Kier alpha value is -1.03. The molecule has 2 heterocycles. The highest BCUT2D eigenvalue weighted by Gasteiger charge is 2.43. The van der Waals surface area contributed by atoms with Crippen LogP contribution in [0.4, 0.5) is 0 Å². The molecular weight excluding hydrogens is 600 g/mol. The second-order valence-corrected chi connectivity index (χ2v) is 20.4. The number of halogens is 1. The number of thiophene rings is 1. The molecular formula is C34H55ClO6SSi. The molecule has 0 bridgehead atoms. The summed E-state index contributed by atoms with van der Waals surface area (Å²) in [5.74, 6) is 0.162. The molecule has 1 aliphatic heterocycles. The van der Waals surface area contributed by atoms with Gasteiger partial charge in [-0.2, -0.15) is 0 Å². The van der Waals surface area contributed by atoms with Gasteiger partial charge >= 0.3 is 5.97 Å². The molecule has 0 spiro atoms. The molecule has 0 aromatic carbocycles. The minimum Gasteiger partial charge on any atom is -0.465 e. The van der Waals surface area contributed by atoms with Crippen LogP contribution in [0.15, 0.2) is 24.3 Å². The number of rotatable bonds is 16. The van der Waals surface area contributed by atoms with E-state index in [2.05, 4.69) is 46.9 Å². The van der Waals surface area contributed by atoms with Gasteiger partial charge in [-0.15, -0.1) is 22.9 Å². The summed E-state index contributed by atoms with van der Waals surface area (Å²) in [6, 6.07) is 3.84. The molecule has 0 amide bonds. The lowest BCUT2D eigenvalue weighted by atomic mass is 9.89. The third-order valence-corrected chi connectivity index (χ3v) is 15.6. The van der Waals surface area contributed by atoms with Crippen molar-refractivity contribution in [2.45, 2.75) is 140 Å². The van der Waals surface area contributed by atoms with Gasteiger partial charge in [-0.1, -0.05) is 33.3 Å². The second kappa shape index (κ2) is 17.0. The van der Waals surface area contributed by atoms with Gasteiger partial charge in [0.1, 0.15) is 4.88 Å². The number of hydrogen-bond donors (Lipinski definition) is 0. The summed E-state index contributed by atoms with van der Waals surface area (Å²) in [7, 11) is -0.368. The number of hydrogen-bond acceptors (Lipinski definition) is 7. The van der Waals surface area contributed by atoms with Gasteiger partial charge in [0.05, 0.1) is 13.2 Å². The van der Waals surface area contributed by atoms with Crippen LogP contribution in [0.5, 0.6) is 0 Å². The summed E-state index contributed by atoms with van der Waals surface area (Å²) in [6.45, 7) is 14.3. The molecule has 1 saturated carbocycles. The maximum atomic E-state index is 12.9. The number of ketones is 1. The maximum absolute atomic E-state index is 12.9. The second-order valence-electron chi connectivity index (χ2n) is 13.9. The van der Waals surface area contributed by atoms with Crippen molar-refractivity contribution in [1.82, 2.24) is 0 Å². The van der Waals surface area contributed by atoms with Crippen molar-refractivity contribution in [2.24, 2.45) is 11.8 Å². The quantitative estimate of drug-likeness (QED) is 0.0582. The number of methoxy groups -OCH3 is 1. The van der Waals surface area contributed by atoms with E-state index in [1.54, 1.807) is 6.08 Å². The molecule has 1 aliphatic carbocycles. The van der Waals surface area contributed by atoms with Crippen LogP contribution in [0, 0.1) is 11.8 Å². The summed E-state index contributed by atoms with van der Waals surface area (Å²) in [4.78, 5) is 26.5. The van der Waals surface area contributed by atoms with Gasteiger partial charge in [-0.3, -0.25) is 4.79 Å². The summed E-state index contributed by atoms with van der Waals surface area (Å²) >= 11 is 8.43. The van der Waals surface area contributed by atoms with Crippen LogP contribution in [-0.4, -0.2) is 57.7 Å². The van der Waals surface area contributed by atoms with Crippen LogP contribution in [0.1, 0.15) is 106 Å². The SMILES string of the molecule is COC(=O)c1ccc(CCC[C@@H]2[C@@H](C=CC(=O)CCCC[C@@H](C)O[Si](C)(C)C(C)(C)C)[C@H](OC3CCCCO3)C[C@H]2Cl)s1. The standard InChI is InChI=1S/C34H55ClO6SSi/c1-24(41-43(6,7)34(2,3)4)13-8-9-14-25(36)18-20-28-27(16-12-15-26-19-21-31(42-26)33(37)38-5)29(35)23-30(28)40-32-17-10-11-22-39-32/h18-21,24,27-30,32H,8-17,22-23H2,1-7H3/t24-,27-,28-,29-,30-,32?/m1/s1. The highest BCUT2D eigenvalue weighted by Crippen LogP contribution is 2.43. The Bertz CT molecular complexity index is 1040. The number of esters is 1. The van der Waals surface area contributed by atoms with E-state index in [9.17, 15) is 9.59 Å². The monoisotopic (exact) mass is 654 g/mol. The zero-order valence-corrected chi connectivity index (χ0v) is 30.1. The van der Waals surface area contributed by atoms with Crippen molar-refractivity contribution >= 4 is 43.0 Å². The average molecular weight is 655 g/mol. The van der Waals surface area contributed by atoms with Crippen LogP contribution in [0.25, 0.3) is 0 Å². The predicted octanol–water partition coefficient (Wildman–Crippen LogP) is 9.11. The topological polar surface area (TPSA) is 71.1 Å². The Labute approximate surface area is 270 Å².